The molecule has 0 saturated carbocycles. The van der Waals surface area contributed by atoms with Crippen LogP contribution in [-0.2, 0) is 10.0 Å². The summed E-state index contributed by atoms with van der Waals surface area (Å²) in [6.45, 7) is 10.2. The van der Waals surface area contributed by atoms with Crippen LogP contribution in [0.3, 0.4) is 0 Å². The fraction of sp³-hybridized carbons (Fsp3) is 0.682. The third-order valence-electron chi connectivity index (χ3n) is 6.22. The molecule has 0 bridgehead atoms. The zero-order valence-corrected chi connectivity index (χ0v) is 21.9. The molecule has 1 aromatic rings. The molecule has 2 N–H and O–H groups in total. The van der Waals surface area contributed by atoms with E-state index >= 15 is 0 Å². The summed E-state index contributed by atoms with van der Waals surface area (Å²) in [4.78, 5) is 7.71. The molecule has 2 heterocycles. The van der Waals surface area contributed by atoms with Crippen molar-refractivity contribution in [2.24, 2.45) is 10.9 Å². The van der Waals surface area contributed by atoms with Gasteiger partial charge in [-0.25, -0.2) is 8.42 Å². The Bertz CT molecular complexity index is 782. The van der Waals surface area contributed by atoms with Crippen molar-refractivity contribution in [3.63, 3.8) is 0 Å². The first kappa shape index (κ1) is 26.3. The molecule has 176 valence electrons. The molecule has 2 fully saturated rings. The lowest BCUT2D eigenvalue weighted by Gasteiger charge is -2.30. The Balaban J connectivity index is 0.00000341. The van der Waals surface area contributed by atoms with Crippen LogP contribution in [0.25, 0.3) is 0 Å². The topological polar surface area (TPSA) is 77.0 Å². The lowest BCUT2D eigenvalue weighted by molar-refractivity contribution is 0.266. The maximum absolute atomic E-state index is 12.8. The first-order valence-corrected chi connectivity index (χ1v) is 12.8. The fourth-order valence-corrected chi connectivity index (χ4v) is 5.88. The Morgan fingerprint density at radius 1 is 1.06 bits per heavy atom. The molecule has 3 rings (SSSR count). The molecule has 31 heavy (non-hydrogen) atoms. The van der Waals surface area contributed by atoms with Crippen LogP contribution in [0.15, 0.2) is 40.2 Å². The van der Waals surface area contributed by atoms with Crippen LogP contribution in [0.5, 0.6) is 0 Å². The highest BCUT2D eigenvalue weighted by atomic mass is 127. The van der Waals surface area contributed by atoms with E-state index in [-0.39, 0.29) is 24.0 Å². The van der Waals surface area contributed by atoms with Crippen LogP contribution in [0.1, 0.15) is 39.5 Å². The fourth-order valence-electron chi connectivity index (χ4n) is 4.39. The third kappa shape index (κ3) is 7.30. The minimum absolute atomic E-state index is 0. The van der Waals surface area contributed by atoms with Crippen molar-refractivity contribution in [3.05, 3.63) is 30.3 Å². The lowest BCUT2D eigenvalue weighted by atomic mass is 9.98. The van der Waals surface area contributed by atoms with Gasteiger partial charge in [-0.2, -0.15) is 4.31 Å². The Morgan fingerprint density at radius 3 is 2.42 bits per heavy atom. The molecule has 7 nitrogen and oxygen atoms in total. The summed E-state index contributed by atoms with van der Waals surface area (Å²) in [5, 5.41) is 6.86. The van der Waals surface area contributed by atoms with Crippen molar-refractivity contribution in [1.29, 1.82) is 0 Å². The maximum Gasteiger partial charge on any atom is 0.243 e. The Kier molecular flexibility index (Phi) is 11.0. The molecule has 2 saturated heterocycles. The van der Waals surface area contributed by atoms with E-state index in [2.05, 4.69) is 29.4 Å². The number of piperidine rings is 1. The zero-order chi connectivity index (χ0) is 21.4. The highest BCUT2D eigenvalue weighted by molar-refractivity contribution is 14.0. The number of nitrogens with one attached hydrogen (secondary N) is 2. The van der Waals surface area contributed by atoms with Crippen molar-refractivity contribution >= 4 is 40.0 Å². The minimum atomic E-state index is -3.38. The van der Waals surface area contributed by atoms with Gasteiger partial charge >= 0.3 is 0 Å². The second-order valence-electron chi connectivity index (χ2n) is 8.19. The van der Waals surface area contributed by atoms with Gasteiger partial charge in [-0.05, 0) is 63.7 Å². The van der Waals surface area contributed by atoms with Crippen molar-refractivity contribution < 1.29 is 8.42 Å². The molecule has 1 aromatic carbocycles. The van der Waals surface area contributed by atoms with Gasteiger partial charge in [0.05, 0.1) is 4.90 Å². The summed E-state index contributed by atoms with van der Waals surface area (Å²) < 4.78 is 27.2. The average Bonchev–Trinajstić information content (AvgIpc) is 3.24. The SMILES string of the molecule is CCNC(=NCC1CCN(S(=O)(=O)c2ccccc2)CC1)NCC1CCCN1CC.I. The monoisotopic (exact) mass is 563 g/mol. The first-order valence-electron chi connectivity index (χ1n) is 11.4. The average molecular weight is 564 g/mol. The minimum Gasteiger partial charge on any atom is -0.357 e. The lowest BCUT2D eigenvalue weighted by Crippen LogP contribution is -2.45. The number of hydrogen-bond acceptors (Lipinski definition) is 4. The molecule has 0 amide bonds. The number of likely N-dealkylation sites (tertiary alicyclic amines) is 1. The number of hydrogen-bond donors (Lipinski definition) is 2. The van der Waals surface area contributed by atoms with E-state index in [1.165, 1.54) is 19.4 Å². The first-order chi connectivity index (χ1) is 14.5. The van der Waals surface area contributed by atoms with Gasteiger partial charge in [0.2, 0.25) is 10.0 Å². The number of benzene rings is 1. The Morgan fingerprint density at radius 2 is 1.77 bits per heavy atom. The summed E-state index contributed by atoms with van der Waals surface area (Å²) in [5.74, 6) is 1.29. The molecule has 0 aromatic heterocycles. The Hall–Kier alpha value is -0.910. The number of aliphatic imine (C=N–C) groups is 1. The van der Waals surface area contributed by atoms with Gasteiger partial charge in [0, 0.05) is 38.8 Å². The van der Waals surface area contributed by atoms with Crippen LogP contribution in [-0.4, -0.2) is 75.4 Å². The smallest absolute Gasteiger partial charge is 0.243 e. The van der Waals surface area contributed by atoms with Crippen molar-refractivity contribution in [1.82, 2.24) is 19.8 Å². The summed E-state index contributed by atoms with van der Waals surface area (Å²) in [5.41, 5.74) is 0. The van der Waals surface area contributed by atoms with E-state index in [4.69, 9.17) is 4.99 Å². The van der Waals surface area contributed by atoms with Gasteiger partial charge in [-0.15, -0.1) is 24.0 Å². The highest BCUT2D eigenvalue weighted by Crippen LogP contribution is 2.24. The number of likely N-dealkylation sites (N-methyl/N-ethyl adjacent to an activating group) is 1. The molecule has 0 aliphatic carbocycles. The van der Waals surface area contributed by atoms with E-state index in [1.54, 1.807) is 28.6 Å². The number of halogens is 1. The van der Waals surface area contributed by atoms with Crippen molar-refractivity contribution in [2.45, 2.75) is 50.5 Å². The standard InChI is InChI=1S/C22H37N5O2S.HI/c1-3-23-22(25-18-20-9-8-14-26(20)4-2)24-17-19-12-15-27(16-13-19)30(28,29)21-10-6-5-7-11-21;/h5-7,10-11,19-20H,3-4,8-9,12-18H2,1-2H3,(H2,23,24,25);1H. The van der Waals surface area contributed by atoms with Gasteiger partial charge in [0.1, 0.15) is 0 Å². The summed E-state index contributed by atoms with van der Waals surface area (Å²) in [6.07, 6.45) is 4.22. The molecular formula is C22H38IN5O2S. The normalized spacial score (nSPS) is 21.6. The number of sulfonamides is 1. The summed E-state index contributed by atoms with van der Waals surface area (Å²) >= 11 is 0. The van der Waals surface area contributed by atoms with Crippen molar-refractivity contribution in [2.75, 3.05) is 45.8 Å². The summed E-state index contributed by atoms with van der Waals surface area (Å²) in [7, 11) is -3.38. The second-order valence-corrected chi connectivity index (χ2v) is 10.1. The van der Waals surface area contributed by atoms with E-state index < -0.39 is 10.0 Å². The molecule has 0 spiro atoms. The zero-order valence-electron chi connectivity index (χ0n) is 18.8. The molecule has 2 aliphatic rings. The van der Waals surface area contributed by atoms with Crippen LogP contribution >= 0.6 is 24.0 Å². The largest absolute Gasteiger partial charge is 0.357 e. The van der Waals surface area contributed by atoms with Gasteiger partial charge in [0.15, 0.2) is 5.96 Å². The maximum atomic E-state index is 12.8. The molecule has 2 aliphatic heterocycles. The predicted octanol–water partition coefficient (Wildman–Crippen LogP) is 2.74. The van der Waals surface area contributed by atoms with Gasteiger partial charge in [0.25, 0.3) is 0 Å². The van der Waals surface area contributed by atoms with Crippen LogP contribution in [0.4, 0.5) is 0 Å². The molecule has 1 atom stereocenters. The molecule has 1 unspecified atom stereocenters. The van der Waals surface area contributed by atoms with E-state index in [0.717, 1.165) is 45.0 Å². The molecule has 9 heteroatoms. The second kappa shape index (κ2) is 13.0. The summed E-state index contributed by atoms with van der Waals surface area (Å²) in [6, 6.07) is 9.31. The van der Waals surface area contributed by atoms with Crippen LogP contribution < -0.4 is 10.6 Å². The predicted molar refractivity (Wildman–Crippen MR) is 138 cm³/mol. The van der Waals surface area contributed by atoms with Gasteiger partial charge in [-0.3, -0.25) is 9.89 Å². The van der Waals surface area contributed by atoms with Gasteiger partial charge < -0.3 is 10.6 Å². The van der Waals surface area contributed by atoms with Crippen LogP contribution in [0, 0.1) is 5.92 Å². The van der Waals surface area contributed by atoms with Gasteiger partial charge in [-0.1, -0.05) is 25.1 Å². The number of guanidine groups is 1. The third-order valence-corrected chi connectivity index (χ3v) is 8.13. The quantitative estimate of drug-likeness (QED) is 0.289. The van der Waals surface area contributed by atoms with Crippen LogP contribution in [0.2, 0.25) is 0 Å². The van der Waals surface area contributed by atoms with E-state index in [9.17, 15) is 8.42 Å². The molecule has 0 radical (unpaired) electrons. The van der Waals surface area contributed by atoms with Crippen molar-refractivity contribution in [3.8, 4) is 0 Å². The Labute approximate surface area is 205 Å². The van der Waals surface area contributed by atoms with E-state index in [1.807, 2.05) is 6.07 Å². The highest BCUT2D eigenvalue weighted by Gasteiger charge is 2.29. The number of nitrogens with zero attached hydrogens (tertiary/aromatic N) is 3. The molecular weight excluding hydrogens is 525 g/mol. The van der Waals surface area contributed by atoms with E-state index in [0.29, 0.717) is 29.9 Å². The number of rotatable bonds is 8.